The van der Waals surface area contributed by atoms with Crippen LogP contribution in [-0.4, -0.2) is 26.0 Å². The van der Waals surface area contributed by atoms with Gasteiger partial charge in [0.15, 0.2) is 0 Å². The molecule has 2 aromatic carbocycles. The summed E-state index contributed by atoms with van der Waals surface area (Å²) >= 11 is 2.95. The molecule has 0 atom stereocenters. The van der Waals surface area contributed by atoms with Gasteiger partial charge < -0.3 is 20.1 Å². The number of hydrogen-bond donors (Lipinski definition) is 2. The van der Waals surface area contributed by atoms with Crippen molar-refractivity contribution >= 4 is 58.4 Å². The zero-order chi connectivity index (χ0) is 22.5. The maximum Gasteiger partial charge on any atom is 0.262 e. The van der Waals surface area contributed by atoms with Crippen molar-refractivity contribution in [3.05, 3.63) is 75.3 Å². The summed E-state index contributed by atoms with van der Waals surface area (Å²) in [6.45, 7) is 0. The second kappa shape index (κ2) is 9.76. The Morgan fingerprint density at radius 2 is 1.81 bits per heavy atom. The highest BCUT2D eigenvalue weighted by Crippen LogP contribution is 2.39. The van der Waals surface area contributed by atoms with Crippen LogP contribution in [0.15, 0.2) is 69.8 Å². The maximum atomic E-state index is 12.4. The number of rotatable bonds is 6. The molecule has 0 aliphatic carbocycles. The summed E-state index contributed by atoms with van der Waals surface area (Å²) in [7, 11) is 3.11. The molecule has 162 valence electrons. The number of methoxy groups -OCH3 is 2. The number of carbonyl (C=O) groups is 2. The van der Waals surface area contributed by atoms with Crippen molar-refractivity contribution in [2.24, 2.45) is 0 Å². The second-order valence-electron chi connectivity index (χ2n) is 6.77. The normalized spacial score (nSPS) is 14.2. The van der Waals surface area contributed by atoms with Gasteiger partial charge in [0.1, 0.15) is 11.5 Å². The van der Waals surface area contributed by atoms with E-state index in [0.717, 1.165) is 21.0 Å². The van der Waals surface area contributed by atoms with Crippen molar-refractivity contribution in [1.29, 1.82) is 0 Å². The Hall–Kier alpha value is -3.49. The Kier molecular flexibility index (Phi) is 6.63. The Labute approximate surface area is 193 Å². The molecule has 2 amide bonds. The Bertz CT molecular complexity index is 1210. The summed E-state index contributed by atoms with van der Waals surface area (Å²) in [4.78, 5) is 27.3. The standard InChI is InChI=1S/C24H20N2O4S2/c1-29-17-10-16(11-18(12-17)30-2)25-23(27)8-7-15-9-19(31-14-15)13-22-24(28)26-20-5-3-4-6-21(20)32-22/h3-14H,1-2H3,(H,25,27)(H,26,28)/b8-7+,22-13-. The largest absolute Gasteiger partial charge is 0.497 e. The molecule has 6 nitrogen and oxygen atoms in total. The highest BCUT2D eigenvalue weighted by Gasteiger charge is 2.20. The van der Waals surface area contributed by atoms with E-state index in [1.165, 1.54) is 29.2 Å². The van der Waals surface area contributed by atoms with Crippen LogP contribution in [0.4, 0.5) is 11.4 Å². The van der Waals surface area contributed by atoms with Crippen LogP contribution in [-0.2, 0) is 9.59 Å². The Morgan fingerprint density at radius 1 is 1.06 bits per heavy atom. The molecule has 32 heavy (non-hydrogen) atoms. The van der Waals surface area contributed by atoms with E-state index in [1.807, 2.05) is 41.8 Å². The van der Waals surface area contributed by atoms with Gasteiger partial charge in [-0.3, -0.25) is 9.59 Å². The number of thioether (sulfide) groups is 1. The molecule has 1 aliphatic heterocycles. The summed E-state index contributed by atoms with van der Waals surface area (Å²) in [5.74, 6) is 0.787. The van der Waals surface area contributed by atoms with Crippen molar-refractivity contribution < 1.29 is 19.1 Å². The lowest BCUT2D eigenvalue weighted by Crippen LogP contribution is -2.16. The molecule has 0 bridgehead atoms. The first-order valence-corrected chi connectivity index (χ1v) is 11.3. The summed E-state index contributed by atoms with van der Waals surface area (Å²) in [5, 5.41) is 7.64. The first kappa shape index (κ1) is 21.7. The predicted octanol–water partition coefficient (Wildman–Crippen LogP) is 5.50. The number of para-hydroxylation sites is 1. The van der Waals surface area contributed by atoms with Gasteiger partial charge in [0.05, 0.1) is 24.8 Å². The van der Waals surface area contributed by atoms with Crippen LogP contribution >= 0.6 is 23.1 Å². The van der Waals surface area contributed by atoms with Crippen LogP contribution in [0.1, 0.15) is 10.4 Å². The quantitative estimate of drug-likeness (QED) is 0.471. The first-order chi connectivity index (χ1) is 15.5. The lowest BCUT2D eigenvalue weighted by Gasteiger charge is -2.17. The van der Waals surface area contributed by atoms with Crippen LogP contribution in [0.2, 0.25) is 0 Å². The van der Waals surface area contributed by atoms with Crippen molar-refractivity contribution in [1.82, 2.24) is 0 Å². The SMILES string of the molecule is COc1cc(NC(=O)/C=C/c2csc(/C=C3\Sc4ccccc4NC3=O)c2)cc(OC)c1. The van der Waals surface area contributed by atoms with Gasteiger partial charge in [0, 0.05) is 39.7 Å². The Morgan fingerprint density at radius 3 is 2.56 bits per heavy atom. The van der Waals surface area contributed by atoms with E-state index in [-0.39, 0.29) is 11.8 Å². The van der Waals surface area contributed by atoms with Crippen LogP contribution < -0.4 is 20.1 Å². The molecule has 2 heterocycles. The van der Waals surface area contributed by atoms with Crippen LogP contribution in [0.25, 0.3) is 12.2 Å². The number of anilines is 2. The smallest absolute Gasteiger partial charge is 0.262 e. The molecule has 1 aromatic heterocycles. The van der Waals surface area contributed by atoms with Gasteiger partial charge in [0.25, 0.3) is 5.91 Å². The lowest BCUT2D eigenvalue weighted by molar-refractivity contribution is -0.112. The third kappa shape index (κ3) is 5.22. The molecular formula is C24H20N2O4S2. The minimum Gasteiger partial charge on any atom is -0.497 e. The lowest BCUT2D eigenvalue weighted by atomic mass is 10.2. The van der Waals surface area contributed by atoms with E-state index < -0.39 is 0 Å². The molecule has 8 heteroatoms. The average molecular weight is 465 g/mol. The van der Waals surface area contributed by atoms with E-state index in [9.17, 15) is 9.59 Å². The monoisotopic (exact) mass is 464 g/mol. The predicted molar refractivity (Wildman–Crippen MR) is 130 cm³/mol. The number of ether oxygens (including phenoxy) is 2. The fourth-order valence-electron chi connectivity index (χ4n) is 3.00. The Balaban J connectivity index is 1.43. The summed E-state index contributed by atoms with van der Waals surface area (Å²) in [6, 6.07) is 14.8. The van der Waals surface area contributed by atoms with Crippen molar-refractivity contribution in [3.63, 3.8) is 0 Å². The number of nitrogens with one attached hydrogen (secondary N) is 2. The van der Waals surface area contributed by atoms with Crippen molar-refractivity contribution in [2.45, 2.75) is 4.90 Å². The molecule has 0 spiro atoms. The van der Waals surface area contributed by atoms with Gasteiger partial charge in [-0.15, -0.1) is 11.3 Å². The van der Waals surface area contributed by atoms with E-state index in [1.54, 1.807) is 38.5 Å². The topological polar surface area (TPSA) is 76.7 Å². The molecular weight excluding hydrogens is 444 g/mol. The molecule has 0 saturated carbocycles. The van der Waals surface area contributed by atoms with E-state index in [0.29, 0.717) is 22.1 Å². The summed E-state index contributed by atoms with van der Waals surface area (Å²) in [6.07, 6.45) is 5.05. The highest BCUT2D eigenvalue weighted by molar-refractivity contribution is 8.04. The van der Waals surface area contributed by atoms with Crippen LogP contribution in [0, 0.1) is 0 Å². The number of hydrogen-bond acceptors (Lipinski definition) is 6. The fourth-order valence-corrected chi connectivity index (χ4v) is 4.82. The number of carbonyl (C=O) groups excluding carboxylic acids is 2. The molecule has 0 fully saturated rings. The zero-order valence-corrected chi connectivity index (χ0v) is 19.0. The maximum absolute atomic E-state index is 12.4. The number of amides is 2. The minimum atomic E-state index is -0.273. The molecule has 4 rings (SSSR count). The molecule has 0 unspecified atom stereocenters. The number of fused-ring (bicyclic) bond motifs is 1. The van der Waals surface area contributed by atoms with Crippen molar-refractivity contribution in [3.8, 4) is 11.5 Å². The average Bonchev–Trinajstić information content (AvgIpc) is 3.25. The highest BCUT2D eigenvalue weighted by atomic mass is 32.2. The third-order valence-corrected chi connectivity index (χ3v) is 6.54. The molecule has 0 radical (unpaired) electrons. The van der Waals surface area contributed by atoms with Crippen LogP contribution in [0.3, 0.4) is 0 Å². The zero-order valence-electron chi connectivity index (χ0n) is 17.4. The summed E-state index contributed by atoms with van der Waals surface area (Å²) < 4.78 is 10.4. The molecule has 2 N–H and O–H groups in total. The summed E-state index contributed by atoms with van der Waals surface area (Å²) in [5.41, 5.74) is 2.28. The second-order valence-corrected chi connectivity index (χ2v) is 8.79. The number of benzene rings is 2. The van der Waals surface area contributed by atoms with Gasteiger partial charge in [-0.05, 0) is 41.3 Å². The van der Waals surface area contributed by atoms with Gasteiger partial charge in [-0.1, -0.05) is 23.9 Å². The minimum absolute atomic E-state index is 0.118. The van der Waals surface area contributed by atoms with Crippen LogP contribution in [0.5, 0.6) is 11.5 Å². The van der Waals surface area contributed by atoms with Gasteiger partial charge in [-0.2, -0.15) is 0 Å². The van der Waals surface area contributed by atoms with E-state index in [2.05, 4.69) is 10.6 Å². The van der Waals surface area contributed by atoms with Gasteiger partial charge >= 0.3 is 0 Å². The molecule has 3 aromatic rings. The molecule has 0 saturated heterocycles. The fraction of sp³-hybridized carbons (Fsp3) is 0.0833. The number of thiophene rings is 1. The first-order valence-electron chi connectivity index (χ1n) is 9.64. The van der Waals surface area contributed by atoms with Gasteiger partial charge in [0.2, 0.25) is 5.91 Å². The van der Waals surface area contributed by atoms with Gasteiger partial charge in [-0.25, -0.2) is 0 Å². The third-order valence-electron chi connectivity index (χ3n) is 4.54. The van der Waals surface area contributed by atoms with E-state index >= 15 is 0 Å². The molecule has 1 aliphatic rings. The van der Waals surface area contributed by atoms with E-state index in [4.69, 9.17) is 9.47 Å². The van der Waals surface area contributed by atoms with Crippen molar-refractivity contribution in [2.75, 3.05) is 24.9 Å².